The summed E-state index contributed by atoms with van der Waals surface area (Å²) in [6.45, 7) is 3.60. The Kier molecular flexibility index (Phi) is 3.37. The second-order valence-corrected chi connectivity index (χ2v) is 5.98. The maximum atomic E-state index is 9.49. The second-order valence-electron chi connectivity index (χ2n) is 3.51. The molecule has 0 aliphatic rings. The van der Waals surface area contributed by atoms with Crippen LogP contribution in [0.2, 0.25) is 0 Å². The van der Waals surface area contributed by atoms with Gasteiger partial charge in [0.1, 0.15) is 0 Å². The van der Waals surface area contributed by atoms with Gasteiger partial charge < -0.3 is 5.11 Å². The molecule has 0 radical (unpaired) electrons. The highest BCUT2D eigenvalue weighted by Gasteiger charge is 2.10. The van der Waals surface area contributed by atoms with Crippen molar-refractivity contribution in [3.05, 3.63) is 33.4 Å². The summed E-state index contributed by atoms with van der Waals surface area (Å²) in [5.74, 6) is 0.706. The maximum absolute atomic E-state index is 9.49. The van der Waals surface area contributed by atoms with Crippen molar-refractivity contribution in [1.82, 2.24) is 9.97 Å². The van der Waals surface area contributed by atoms with Crippen molar-refractivity contribution in [2.45, 2.75) is 20.0 Å². The minimum atomic E-state index is -0.524. The number of halogens is 1. The van der Waals surface area contributed by atoms with Crippen LogP contribution in [0.1, 0.15) is 24.3 Å². The van der Waals surface area contributed by atoms with E-state index in [0.717, 1.165) is 19.9 Å². The first-order valence-electron chi connectivity index (χ1n) is 4.85. The number of nitrogens with zero attached hydrogens (tertiary/aromatic N) is 2. The van der Waals surface area contributed by atoms with E-state index in [1.165, 1.54) is 0 Å². The molecule has 3 nitrogen and oxygen atoms in total. The van der Waals surface area contributed by atoms with Crippen LogP contribution >= 0.6 is 27.3 Å². The highest BCUT2D eigenvalue weighted by atomic mass is 79.9. The molecule has 0 aromatic carbocycles. The van der Waals surface area contributed by atoms with E-state index in [1.54, 1.807) is 24.5 Å². The molecule has 2 aromatic heterocycles. The van der Waals surface area contributed by atoms with Crippen molar-refractivity contribution >= 4 is 27.3 Å². The van der Waals surface area contributed by atoms with Crippen LogP contribution in [0.4, 0.5) is 0 Å². The van der Waals surface area contributed by atoms with Gasteiger partial charge in [-0.2, -0.15) is 0 Å². The predicted octanol–water partition coefficient (Wildman–Crippen LogP) is 3.33. The molecule has 0 bridgehead atoms. The molecule has 0 spiro atoms. The van der Waals surface area contributed by atoms with Crippen LogP contribution in [0.5, 0.6) is 0 Å². The standard InChI is InChI=1S/C11H11BrN2OS/c1-6-8(7(2)15)5-13-11(14-6)9-3-4-10(12)16-9/h3-5,7,15H,1-2H3/t7-/m0/s1. The third-order valence-electron chi connectivity index (χ3n) is 2.26. The highest BCUT2D eigenvalue weighted by molar-refractivity contribution is 9.11. The summed E-state index contributed by atoms with van der Waals surface area (Å²) in [4.78, 5) is 9.68. The summed E-state index contributed by atoms with van der Waals surface area (Å²) in [5, 5.41) is 9.49. The number of thiophene rings is 1. The first kappa shape index (κ1) is 11.7. The molecule has 0 unspecified atom stereocenters. The molecule has 1 N–H and O–H groups in total. The van der Waals surface area contributed by atoms with Gasteiger partial charge in [0.2, 0.25) is 0 Å². The average Bonchev–Trinajstić information content (AvgIpc) is 2.64. The van der Waals surface area contributed by atoms with Crippen molar-refractivity contribution in [2.75, 3.05) is 0 Å². The smallest absolute Gasteiger partial charge is 0.169 e. The van der Waals surface area contributed by atoms with Crippen LogP contribution < -0.4 is 0 Å². The Morgan fingerprint density at radius 1 is 1.44 bits per heavy atom. The van der Waals surface area contributed by atoms with Crippen molar-refractivity contribution in [3.8, 4) is 10.7 Å². The third kappa shape index (κ3) is 2.31. The molecule has 0 fully saturated rings. The molecule has 16 heavy (non-hydrogen) atoms. The highest BCUT2D eigenvalue weighted by Crippen LogP contribution is 2.29. The molecule has 2 rings (SSSR count). The number of rotatable bonds is 2. The molecule has 2 aromatic rings. The van der Waals surface area contributed by atoms with Crippen molar-refractivity contribution in [2.24, 2.45) is 0 Å². The molecule has 0 aliphatic carbocycles. The summed E-state index contributed by atoms with van der Waals surface area (Å²) in [6, 6.07) is 3.95. The molecular weight excluding hydrogens is 288 g/mol. The summed E-state index contributed by atoms with van der Waals surface area (Å²) in [6.07, 6.45) is 1.17. The Labute approximate surface area is 106 Å². The maximum Gasteiger partial charge on any atom is 0.169 e. The van der Waals surface area contributed by atoms with Crippen LogP contribution in [-0.2, 0) is 0 Å². The second kappa shape index (κ2) is 4.61. The largest absolute Gasteiger partial charge is 0.389 e. The molecule has 0 amide bonds. The van der Waals surface area contributed by atoms with E-state index in [2.05, 4.69) is 25.9 Å². The summed E-state index contributed by atoms with van der Waals surface area (Å²) >= 11 is 5.00. The fourth-order valence-corrected chi connectivity index (χ4v) is 2.77. The Balaban J connectivity index is 2.42. The Morgan fingerprint density at radius 2 is 2.19 bits per heavy atom. The molecule has 0 aliphatic heterocycles. The predicted molar refractivity (Wildman–Crippen MR) is 68.4 cm³/mol. The molecule has 0 saturated carbocycles. The number of aryl methyl sites for hydroxylation is 1. The molecule has 84 valence electrons. The lowest BCUT2D eigenvalue weighted by molar-refractivity contribution is 0.197. The lowest BCUT2D eigenvalue weighted by Gasteiger charge is -2.07. The normalized spacial score (nSPS) is 12.8. The van der Waals surface area contributed by atoms with Gasteiger partial charge in [-0.15, -0.1) is 11.3 Å². The quantitative estimate of drug-likeness (QED) is 0.925. The molecule has 2 heterocycles. The summed E-state index contributed by atoms with van der Waals surface area (Å²) < 4.78 is 1.06. The monoisotopic (exact) mass is 298 g/mol. The van der Waals surface area contributed by atoms with Gasteiger partial charge in [0, 0.05) is 17.5 Å². The Morgan fingerprint density at radius 3 is 2.69 bits per heavy atom. The zero-order chi connectivity index (χ0) is 11.7. The third-order valence-corrected chi connectivity index (χ3v) is 3.88. The Hall–Kier alpha value is -0.780. The van der Waals surface area contributed by atoms with Gasteiger partial charge in [0.05, 0.1) is 14.8 Å². The molecular formula is C11H11BrN2OS. The molecule has 1 atom stereocenters. The number of aromatic nitrogens is 2. The van der Waals surface area contributed by atoms with Crippen LogP contribution in [0.25, 0.3) is 10.7 Å². The van der Waals surface area contributed by atoms with E-state index in [-0.39, 0.29) is 0 Å². The van der Waals surface area contributed by atoms with Gasteiger partial charge in [0.15, 0.2) is 5.82 Å². The zero-order valence-electron chi connectivity index (χ0n) is 8.94. The number of hydrogen-bond acceptors (Lipinski definition) is 4. The summed E-state index contributed by atoms with van der Waals surface area (Å²) in [5.41, 5.74) is 1.60. The van der Waals surface area contributed by atoms with Gasteiger partial charge in [-0.05, 0) is 41.9 Å². The van der Waals surface area contributed by atoms with E-state index in [9.17, 15) is 5.11 Å². The van der Waals surface area contributed by atoms with Crippen LogP contribution in [0.15, 0.2) is 22.1 Å². The lowest BCUT2D eigenvalue weighted by atomic mass is 10.1. The van der Waals surface area contributed by atoms with Crippen molar-refractivity contribution in [3.63, 3.8) is 0 Å². The van der Waals surface area contributed by atoms with E-state index in [4.69, 9.17) is 0 Å². The number of hydrogen-bond donors (Lipinski definition) is 1. The van der Waals surface area contributed by atoms with Crippen LogP contribution in [0, 0.1) is 6.92 Å². The van der Waals surface area contributed by atoms with Crippen LogP contribution in [0.3, 0.4) is 0 Å². The first-order valence-corrected chi connectivity index (χ1v) is 6.46. The fraction of sp³-hybridized carbons (Fsp3) is 0.273. The van der Waals surface area contributed by atoms with Gasteiger partial charge >= 0.3 is 0 Å². The molecule has 0 saturated heterocycles. The van der Waals surface area contributed by atoms with Gasteiger partial charge in [0.25, 0.3) is 0 Å². The van der Waals surface area contributed by atoms with Gasteiger partial charge in [-0.1, -0.05) is 0 Å². The van der Waals surface area contributed by atoms with Gasteiger partial charge in [-0.25, -0.2) is 9.97 Å². The molecule has 5 heteroatoms. The van der Waals surface area contributed by atoms with Crippen LogP contribution in [-0.4, -0.2) is 15.1 Å². The van der Waals surface area contributed by atoms with E-state index < -0.39 is 6.10 Å². The number of aliphatic hydroxyl groups is 1. The SMILES string of the molecule is Cc1nc(-c2ccc(Br)s2)ncc1[C@H](C)O. The van der Waals surface area contributed by atoms with E-state index in [0.29, 0.717) is 5.82 Å². The lowest BCUT2D eigenvalue weighted by Crippen LogP contribution is -2.00. The topological polar surface area (TPSA) is 46.0 Å². The van der Waals surface area contributed by atoms with Crippen molar-refractivity contribution < 1.29 is 5.11 Å². The average molecular weight is 299 g/mol. The van der Waals surface area contributed by atoms with Gasteiger partial charge in [-0.3, -0.25) is 0 Å². The summed E-state index contributed by atoms with van der Waals surface area (Å²) in [7, 11) is 0. The fourth-order valence-electron chi connectivity index (χ4n) is 1.44. The minimum Gasteiger partial charge on any atom is -0.389 e. The minimum absolute atomic E-state index is 0.524. The van der Waals surface area contributed by atoms with E-state index in [1.807, 2.05) is 19.1 Å². The Bertz CT molecular complexity index is 510. The number of aliphatic hydroxyl groups excluding tert-OH is 1. The zero-order valence-corrected chi connectivity index (χ0v) is 11.3. The first-order chi connectivity index (χ1) is 7.58. The van der Waals surface area contributed by atoms with Crippen molar-refractivity contribution in [1.29, 1.82) is 0 Å². The van der Waals surface area contributed by atoms with E-state index >= 15 is 0 Å².